The fraction of sp³-hybridized carbons (Fsp3) is 0.731. The average Bonchev–Trinajstić information content (AvgIpc) is 3.16. The van der Waals surface area contributed by atoms with E-state index in [2.05, 4.69) is 13.0 Å². The summed E-state index contributed by atoms with van der Waals surface area (Å²) >= 11 is 0. The Morgan fingerprint density at radius 1 is 1.23 bits per heavy atom. The van der Waals surface area contributed by atoms with Gasteiger partial charge in [-0.25, -0.2) is 4.79 Å². The van der Waals surface area contributed by atoms with Crippen LogP contribution in [0.2, 0.25) is 0 Å². The largest absolute Gasteiger partial charge is 0.482 e. The lowest BCUT2D eigenvalue weighted by molar-refractivity contribution is -0.150. The molecule has 174 valence electrons. The van der Waals surface area contributed by atoms with E-state index in [0.717, 1.165) is 57.3 Å². The second-order valence-corrected chi connectivity index (χ2v) is 9.32. The van der Waals surface area contributed by atoms with Crippen molar-refractivity contribution in [2.24, 2.45) is 11.8 Å². The molecule has 5 nitrogen and oxygen atoms in total. The second kappa shape index (κ2) is 11.9. The summed E-state index contributed by atoms with van der Waals surface area (Å²) in [7, 11) is 0. The second-order valence-electron chi connectivity index (χ2n) is 9.32. The standard InChI is InChI=1S/C26H40O5/c1-4-6-7-10-21(27)12-13-25-23-14-19-9-8-11-24(22(19)15-20(23)16-29-25)30-17-26(28)31-18(3)5-2/h8-9,11,18,20-21,23,25,27H,4-7,10,12-17H2,1-3H3. The molecule has 31 heavy (non-hydrogen) atoms. The van der Waals surface area contributed by atoms with Gasteiger partial charge >= 0.3 is 5.97 Å². The van der Waals surface area contributed by atoms with Gasteiger partial charge in [0.25, 0.3) is 0 Å². The molecular formula is C26H40O5. The first-order valence-corrected chi connectivity index (χ1v) is 12.2. The lowest BCUT2D eigenvalue weighted by atomic mass is 9.74. The van der Waals surface area contributed by atoms with Crippen molar-refractivity contribution in [3.63, 3.8) is 0 Å². The first-order valence-electron chi connectivity index (χ1n) is 12.2. The zero-order chi connectivity index (χ0) is 22.2. The molecule has 1 fully saturated rings. The number of rotatable bonds is 12. The zero-order valence-electron chi connectivity index (χ0n) is 19.5. The predicted octanol–water partition coefficient (Wildman–Crippen LogP) is 4.86. The molecule has 5 heteroatoms. The summed E-state index contributed by atoms with van der Waals surface area (Å²) in [5.41, 5.74) is 2.51. The molecule has 0 aromatic heterocycles. The number of esters is 1. The summed E-state index contributed by atoms with van der Waals surface area (Å²) in [6, 6.07) is 6.14. The van der Waals surface area contributed by atoms with E-state index in [1.807, 2.05) is 26.0 Å². The van der Waals surface area contributed by atoms with Crippen LogP contribution in [0.4, 0.5) is 0 Å². The highest BCUT2D eigenvalue weighted by molar-refractivity contribution is 5.71. The number of unbranched alkanes of at least 4 members (excludes halogenated alkanes) is 2. The summed E-state index contributed by atoms with van der Waals surface area (Å²) in [6.07, 6.45) is 8.78. The van der Waals surface area contributed by atoms with Crippen LogP contribution in [0.3, 0.4) is 0 Å². The number of ether oxygens (including phenoxy) is 3. The summed E-state index contributed by atoms with van der Waals surface area (Å²) in [6.45, 7) is 6.79. The Morgan fingerprint density at radius 3 is 2.84 bits per heavy atom. The number of aliphatic hydroxyl groups is 1. The molecular weight excluding hydrogens is 392 g/mol. The van der Waals surface area contributed by atoms with Gasteiger partial charge in [0.2, 0.25) is 0 Å². The summed E-state index contributed by atoms with van der Waals surface area (Å²) in [5.74, 6) is 1.46. The van der Waals surface area contributed by atoms with Crippen LogP contribution in [-0.2, 0) is 27.1 Å². The lowest BCUT2D eigenvalue weighted by Crippen LogP contribution is -2.30. The smallest absolute Gasteiger partial charge is 0.344 e. The molecule has 2 aliphatic rings. The highest BCUT2D eigenvalue weighted by Crippen LogP contribution is 2.42. The molecule has 0 bridgehead atoms. The fourth-order valence-corrected chi connectivity index (χ4v) is 4.90. The van der Waals surface area contributed by atoms with Crippen LogP contribution in [0.25, 0.3) is 0 Å². The van der Waals surface area contributed by atoms with Crippen LogP contribution in [0.5, 0.6) is 5.75 Å². The van der Waals surface area contributed by atoms with E-state index in [0.29, 0.717) is 11.8 Å². The molecule has 1 N–H and O–H groups in total. The van der Waals surface area contributed by atoms with E-state index >= 15 is 0 Å². The third-order valence-electron chi connectivity index (χ3n) is 6.94. The normalized spacial score (nSPS) is 24.2. The number of aliphatic hydroxyl groups excluding tert-OH is 1. The zero-order valence-corrected chi connectivity index (χ0v) is 19.5. The number of carbonyl (C=O) groups excluding carboxylic acids is 1. The van der Waals surface area contributed by atoms with Crippen LogP contribution in [0, 0.1) is 11.8 Å². The topological polar surface area (TPSA) is 65.0 Å². The molecule has 0 spiro atoms. The van der Waals surface area contributed by atoms with Gasteiger partial charge in [0.05, 0.1) is 24.9 Å². The van der Waals surface area contributed by atoms with Crippen LogP contribution in [-0.4, -0.2) is 42.6 Å². The van der Waals surface area contributed by atoms with Gasteiger partial charge in [-0.15, -0.1) is 0 Å². The molecule has 0 saturated carbocycles. The SMILES string of the molecule is CCCCCC(O)CCC1OCC2Cc3c(cccc3OCC(=O)OC(C)CC)CC21. The molecule has 3 rings (SSSR count). The van der Waals surface area contributed by atoms with E-state index in [-0.39, 0.29) is 30.9 Å². The van der Waals surface area contributed by atoms with Crippen molar-refractivity contribution in [1.82, 2.24) is 0 Å². The minimum absolute atomic E-state index is 0.0517. The van der Waals surface area contributed by atoms with Crippen molar-refractivity contribution >= 4 is 5.97 Å². The predicted molar refractivity (Wildman–Crippen MR) is 121 cm³/mol. The van der Waals surface area contributed by atoms with Crippen molar-refractivity contribution in [2.75, 3.05) is 13.2 Å². The van der Waals surface area contributed by atoms with E-state index < -0.39 is 0 Å². The monoisotopic (exact) mass is 432 g/mol. The molecule has 1 heterocycles. The Labute approximate surface area is 187 Å². The first-order chi connectivity index (χ1) is 15.0. The fourth-order valence-electron chi connectivity index (χ4n) is 4.90. The van der Waals surface area contributed by atoms with E-state index in [1.54, 1.807) is 0 Å². The number of hydrogen-bond acceptors (Lipinski definition) is 5. The minimum atomic E-state index is -0.317. The van der Waals surface area contributed by atoms with E-state index in [4.69, 9.17) is 14.2 Å². The Balaban J connectivity index is 1.54. The molecule has 0 radical (unpaired) electrons. The molecule has 1 aliphatic heterocycles. The number of carbonyl (C=O) groups is 1. The van der Waals surface area contributed by atoms with Gasteiger partial charge in [-0.05, 0) is 74.5 Å². The third kappa shape index (κ3) is 6.69. The third-order valence-corrected chi connectivity index (χ3v) is 6.94. The number of benzene rings is 1. The highest BCUT2D eigenvalue weighted by atomic mass is 16.6. The lowest BCUT2D eigenvalue weighted by Gasteiger charge is -2.30. The minimum Gasteiger partial charge on any atom is -0.482 e. The van der Waals surface area contributed by atoms with E-state index in [1.165, 1.54) is 24.0 Å². The maximum absolute atomic E-state index is 12.0. The molecule has 1 saturated heterocycles. The van der Waals surface area contributed by atoms with Gasteiger partial charge in [0.15, 0.2) is 6.61 Å². The molecule has 1 aromatic rings. The molecule has 5 atom stereocenters. The van der Waals surface area contributed by atoms with Crippen molar-refractivity contribution in [3.05, 3.63) is 29.3 Å². The maximum atomic E-state index is 12.0. The van der Waals surface area contributed by atoms with Crippen molar-refractivity contribution in [3.8, 4) is 5.75 Å². The van der Waals surface area contributed by atoms with Gasteiger partial charge in [-0.1, -0.05) is 45.2 Å². The molecule has 1 aromatic carbocycles. The summed E-state index contributed by atoms with van der Waals surface area (Å²) < 4.78 is 17.4. The number of fused-ring (bicyclic) bond motifs is 2. The molecule has 5 unspecified atom stereocenters. The quantitative estimate of drug-likeness (QED) is 0.377. The van der Waals surface area contributed by atoms with Gasteiger partial charge in [0.1, 0.15) is 5.75 Å². The Bertz CT molecular complexity index is 703. The van der Waals surface area contributed by atoms with Crippen molar-refractivity contribution in [2.45, 2.75) is 96.9 Å². The average molecular weight is 433 g/mol. The molecule has 0 amide bonds. The van der Waals surface area contributed by atoms with Crippen LogP contribution in [0.1, 0.15) is 76.8 Å². The van der Waals surface area contributed by atoms with Gasteiger partial charge in [0, 0.05) is 0 Å². The summed E-state index contributed by atoms with van der Waals surface area (Å²) in [4.78, 5) is 12.0. The first kappa shape index (κ1) is 24.1. The van der Waals surface area contributed by atoms with Crippen LogP contribution in [0.15, 0.2) is 18.2 Å². The Kier molecular flexibility index (Phi) is 9.21. The Morgan fingerprint density at radius 2 is 2.06 bits per heavy atom. The van der Waals surface area contributed by atoms with Gasteiger partial charge in [-0.3, -0.25) is 0 Å². The van der Waals surface area contributed by atoms with Gasteiger partial charge in [-0.2, -0.15) is 0 Å². The van der Waals surface area contributed by atoms with E-state index in [9.17, 15) is 9.90 Å². The molecule has 1 aliphatic carbocycles. The maximum Gasteiger partial charge on any atom is 0.344 e. The Hall–Kier alpha value is -1.59. The number of hydrogen-bond donors (Lipinski definition) is 1. The van der Waals surface area contributed by atoms with Crippen molar-refractivity contribution < 1.29 is 24.1 Å². The van der Waals surface area contributed by atoms with Crippen molar-refractivity contribution in [1.29, 1.82) is 0 Å². The highest BCUT2D eigenvalue weighted by Gasteiger charge is 2.41. The van der Waals surface area contributed by atoms with Crippen LogP contribution >= 0.6 is 0 Å². The summed E-state index contributed by atoms with van der Waals surface area (Å²) in [5, 5.41) is 10.3. The van der Waals surface area contributed by atoms with Crippen LogP contribution < -0.4 is 4.74 Å². The van der Waals surface area contributed by atoms with Gasteiger partial charge < -0.3 is 19.3 Å².